The summed E-state index contributed by atoms with van der Waals surface area (Å²) in [6.07, 6.45) is 0.661. The van der Waals surface area contributed by atoms with E-state index < -0.39 is 0 Å². The number of carbonyl (C=O) groups is 1. The smallest absolute Gasteiger partial charge is 0.310 e. The first-order valence-corrected chi connectivity index (χ1v) is 6.06. The van der Waals surface area contributed by atoms with Crippen LogP contribution in [0.4, 0.5) is 4.39 Å². The lowest BCUT2D eigenvalue weighted by molar-refractivity contribution is -0.146. The summed E-state index contributed by atoms with van der Waals surface area (Å²) in [5, 5.41) is 3.11. The first-order valence-electron chi connectivity index (χ1n) is 6.06. The van der Waals surface area contributed by atoms with Crippen LogP contribution in [-0.4, -0.2) is 20.1 Å². The van der Waals surface area contributed by atoms with Gasteiger partial charge in [-0.15, -0.1) is 0 Å². The standard InChI is InChI=1S/C14H20FNO2/c1-5-11(14(17)18-4)13(16-3)10-6-7-12(15)9(2)8-10/h6-8,11,13,16H,5H2,1-4H3. The number of halogens is 1. The summed E-state index contributed by atoms with van der Waals surface area (Å²) in [5.74, 6) is -0.761. The molecule has 0 aliphatic carbocycles. The van der Waals surface area contributed by atoms with Gasteiger partial charge in [0.2, 0.25) is 0 Å². The lowest BCUT2D eigenvalue weighted by Gasteiger charge is -2.24. The van der Waals surface area contributed by atoms with Crippen LogP contribution in [0.1, 0.15) is 30.5 Å². The highest BCUT2D eigenvalue weighted by Crippen LogP contribution is 2.26. The van der Waals surface area contributed by atoms with E-state index in [1.807, 2.05) is 6.92 Å². The number of esters is 1. The van der Waals surface area contributed by atoms with Gasteiger partial charge in [-0.1, -0.05) is 19.1 Å². The molecule has 0 saturated carbocycles. The van der Waals surface area contributed by atoms with Crippen molar-refractivity contribution in [2.24, 2.45) is 5.92 Å². The Bertz CT molecular complexity index is 420. The largest absolute Gasteiger partial charge is 0.469 e. The Balaban J connectivity index is 3.07. The van der Waals surface area contributed by atoms with Crippen LogP contribution in [0.15, 0.2) is 18.2 Å². The van der Waals surface area contributed by atoms with Crippen molar-refractivity contribution >= 4 is 5.97 Å². The Hall–Kier alpha value is -1.42. The predicted octanol–water partition coefficient (Wildman–Crippen LogP) is 2.59. The first kappa shape index (κ1) is 14.6. The molecule has 18 heavy (non-hydrogen) atoms. The van der Waals surface area contributed by atoms with Crippen LogP contribution in [0.5, 0.6) is 0 Å². The third-order valence-electron chi connectivity index (χ3n) is 3.20. The number of nitrogens with one attached hydrogen (secondary N) is 1. The fourth-order valence-electron chi connectivity index (χ4n) is 2.15. The van der Waals surface area contributed by atoms with E-state index in [0.717, 1.165) is 5.56 Å². The molecule has 0 heterocycles. The maximum absolute atomic E-state index is 13.3. The first-order chi connectivity index (χ1) is 8.54. The van der Waals surface area contributed by atoms with Gasteiger partial charge in [0.1, 0.15) is 5.82 Å². The van der Waals surface area contributed by atoms with Gasteiger partial charge in [-0.25, -0.2) is 4.39 Å². The minimum absolute atomic E-state index is 0.165. The molecule has 0 spiro atoms. The molecule has 2 unspecified atom stereocenters. The van der Waals surface area contributed by atoms with Crippen molar-refractivity contribution in [3.05, 3.63) is 35.1 Å². The van der Waals surface area contributed by atoms with E-state index >= 15 is 0 Å². The number of hydrogen-bond acceptors (Lipinski definition) is 3. The maximum atomic E-state index is 13.3. The zero-order chi connectivity index (χ0) is 13.7. The van der Waals surface area contributed by atoms with E-state index in [2.05, 4.69) is 5.32 Å². The van der Waals surface area contributed by atoms with Gasteiger partial charge in [0, 0.05) is 6.04 Å². The highest BCUT2D eigenvalue weighted by atomic mass is 19.1. The average molecular weight is 253 g/mol. The zero-order valence-corrected chi connectivity index (χ0v) is 11.3. The minimum Gasteiger partial charge on any atom is -0.469 e. The molecular formula is C14H20FNO2. The van der Waals surface area contributed by atoms with Crippen molar-refractivity contribution in [3.8, 4) is 0 Å². The van der Waals surface area contributed by atoms with Crippen molar-refractivity contribution in [2.45, 2.75) is 26.3 Å². The molecule has 1 rings (SSSR count). The maximum Gasteiger partial charge on any atom is 0.310 e. The summed E-state index contributed by atoms with van der Waals surface area (Å²) in [5.41, 5.74) is 1.47. The van der Waals surface area contributed by atoms with Crippen molar-refractivity contribution in [1.82, 2.24) is 5.32 Å². The Morgan fingerprint density at radius 3 is 2.61 bits per heavy atom. The number of ether oxygens (including phenoxy) is 1. The van der Waals surface area contributed by atoms with E-state index in [1.54, 1.807) is 26.1 Å². The van der Waals surface area contributed by atoms with Crippen molar-refractivity contribution in [3.63, 3.8) is 0 Å². The topological polar surface area (TPSA) is 38.3 Å². The summed E-state index contributed by atoms with van der Waals surface area (Å²) in [7, 11) is 3.17. The van der Waals surface area contributed by atoms with Crippen LogP contribution in [0.3, 0.4) is 0 Å². The highest BCUT2D eigenvalue weighted by Gasteiger charge is 2.27. The quantitative estimate of drug-likeness (QED) is 0.820. The van der Waals surface area contributed by atoms with Gasteiger partial charge in [-0.05, 0) is 37.6 Å². The Kier molecular flexibility index (Phi) is 5.28. The number of rotatable bonds is 5. The highest BCUT2D eigenvalue weighted by molar-refractivity contribution is 5.73. The number of benzene rings is 1. The molecule has 3 nitrogen and oxygen atoms in total. The molecule has 1 N–H and O–H groups in total. The molecule has 0 aliphatic rings. The fraction of sp³-hybridized carbons (Fsp3) is 0.500. The lowest BCUT2D eigenvalue weighted by Crippen LogP contribution is -2.31. The van der Waals surface area contributed by atoms with E-state index in [1.165, 1.54) is 13.2 Å². The van der Waals surface area contributed by atoms with Crippen molar-refractivity contribution < 1.29 is 13.9 Å². The van der Waals surface area contributed by atoms with Gasteiger partial charge in [0.05, 0.1) is 13.0 Å². The SMILES string of the molecule is CCC(C(=O)OC)C(NC)c1ccc(F)c(C)c1. The van der Waals surface area contributed by atoms with Crippen LogP contribution in [-0.2, 0) is 9.53 Å². The van der Waals surface area contributed by atoms with Crippen LogP contribution in [0.2, 0.25) is 0 Å². The molecule has 0 fully saturated rings. The van der Waals surface area contributed by atoms with Crippen molar-refractivity contribution in [2.75, 3.05) is 14.2 Å². The normalized spacial score (nSPS) is 14.1. The monoisotopic (exact) mass is 253 g/mol. The summed E-state index contributed by atoms with van der Waals surface area (Å²) >= 11 is 0. The summed E-state index contributed by atoms with van der Waals surface area (Å²) < 4.78 is 18.1. The summed E-state index contributed by atoms with van der Waals surface area (Å²) in [6.45, 7) is 3.65. The Labute approximate surface area is 107 Å². The third-order valence-corrected chi connectivity index (χ3v) is 3.20. The molecule has 2 atom stereocenters. The van der Waals surface area contributed by atoms with Gasteiger partial charge in [0.15, 0.2) is 0 Å². The predicted molar refractivity (Wildman–Crippen MR) is 68.7 cm³/mol. The van der Waals surface area contributed by atoms with E-state index in [4.69, 9.17) is 4.74 Å². The number of aryl methyl sites for hydroxylation is 1. The number of methoxy groups -OCH3 is 1. The minimum atomic E-state index is -0.273. The van der Waals surface area contributed by atoms with E-state index in [-0.39, 0.29) is 23.7 Å². The molecule has 0 radical (unpaired) electrons. The molecule has 0 aliphatic heterocycles. The van der Waals surface area contributed by atoms with Gasteiger partial charge in [-0.3, -0.25) is 4.79 Å². The van der Waals surface area contributed by atoms with Crippen LogP contribution >= 0.6 is 0 Å². The Morgan fingerprint density at radius 1 is 1.50 bits per heavy atom. The van der Waals surface area contributed by atoms with Crippen LogP contribution in [0, 0.1) is 18.7 Å². The van der Waals surface area contributed by atoms with Crippen LogP contribution < -0.4 is 5.32 Å². The molecule has 0 amide bonds. The van der Waals surface area contributed by atoms with E-state index in [0.29, 0.717) is 12.0 Å². The summed E-state index contributed by atoms with van der Waals surface area (Å²) in [4.78, 5) is 11.7. The number of carbonyl (C=O) groups excluding carboxylic acids is 1. The average Bonchev–Trinajstić information content (AvgIpc) is 2.38. The molecular weight excluding hydrogens is 233 g/mol. The molecule has 0 bridgehead atoms. The van der Waals surface area contributed by atoms with E-state index in [9.17, 15) is 9.18 Å². The molecule has 1 aromatic rings. The van der Waals surface area contributed by atoms with Gasteiger partial charge < -0.3 is 10.1 Å². The number of hydrogen-bond donors (Lipinski definition) is 1. The zero-order valence-electron chi connectivity index (χ0n) is 11.3. The van der Waals surface area contributed by atoms with Gasteiger partial charge >= 0.3 is 5.97 Å². The molecule has 100 valence electrons. The Morgan fingerprint density at radius 2 is 2.17 bits per heavy atom. The summed E-state index contributed by atoms with van der Waals surface area (Å²) in [6, 6.07) is 4.73. The second-order valence-corrected chi connectivity index (χ2v) is 4.31. The molecule has 0 aromatic heterocycles. The fourth-order valence-corrected chi connectivity index (χ4v) is 2.15. The third kappa shape index (κ3) is 3.07. The molecule has 0 saturated heterocycles. The molecule has 4 heteroatoms. The van der Waals surface area contributed by atoms with Crippen LogP contribution in [0.25, 0.3) is 0 Å². The second kappa shape index (κ2) is 6.50. The van der Waals surface area contributed by atoms with Gasteiger partial charge in [0.25, 0.3) is 0 Å². The van der Waals surface area contributed by atoms with Crippen molar-refractivity contribution in [1.29, 1.82) is 0 Å². The van der Waals surface area contributed by atoms with Gasteiger partial charge in [-0.2, -0.15) is 0 Å². The second-order valence-electron chi connectivity index (χ2n) is 4.31. The molecule has 1 aromatic carbocycles. The lowest BCUT2D eigenvalue weighted by atomic mass is 9.90.